The first-order valence-electron chi connectivity index (χ1n) is 10.7. The van der Waals surface area contributed by atoms with Crippen molar-refractivity contribution in [1.29, 1.82) is 0 Å². The molecule has 0 radical (unpaired) electrons. The number of aromatic nitrogens is 4. The van der Waals surface area contributed by atoms with Gasteiger partial charge in [-0.3, -0.25) is 19.5 Å². The summed E-state index contributed by atoms with van der Waals surface area (Å²) in [5.74, 6) is 0.485. The third kappa shape index (κ3) is 5.20. The minimum absolute atomic E-state index is 0.0193. The summed E-state index contributed by atoms with van der Waals surface area (Å²) >= 11 is 0. The molecule has 1 fully saturated rings. The number of fused-ring (bicyclic) bond motifs is 2. The lowest BCUT2D eigenvalue weighted by Gasteiger charge is -2.26. The van der Waals surface area contributed by atoms with Crippen LogP contribution in [-0.2, 0) is 33.9 Å². The van der Waals surface area contributed by atoms with Gasteiger partial charge >= 0.3 is 0 Å². The molecular weight excluding hydrogens is 428 g/mol. The standard InChI is InChI=1S/C21H24N6O3.CH2O2/c1-12-3-2-4-15-19(12)24-17(23-15)10-30-11-18(28)27-8-7-14-16(9-27)25-26-20(14)21(29)22-13-5-6-13;2-1-3/h2-4,13H,5-11H2,1H3,(H,22,29)(H,23,24)(H,25,26);1H,(H,2,3). The smallest absolute Gasteiger partial charge is 0.290 e. The van der Waals surface area contributed by atoms with Crippen molar-refractivity contribution in [2.45, 2.75) is 45.4 Å². The number of benzene rings is 1. The molecule has 3 aromatic rings. The number of aromatic amines is 2. The number of nitrogens with one attached hydrogen (secondary N) is 3. The molecule has 4 N–H and O–H groups in total. The molecule has 2 aliphatic rings. The number of carboxylic acid groups (broad SMARTS) is 1. The first kappa shape index (κ1) is 22.5. The van der Waals surface area contributed by atoms with Crippen molar-refractivity contribution in [3.05, 3.63) is 46.5 Å². The van der Waals surface area contributed by atoms with Crippen molar-refractivity contribution in [3.8, 4) is 0 Å². The Bertz CT molecular complexity index is 1170. The van der Waals surface area contributed by atoms with Gasteiger partial charge in [0.15, 0.2) is 5.69 Å². The summed E-state index contributed by atoms with van der Waals surface area (Å²) in [6, 6.07) is 6.25. The van der Waals surface area contributed by atoms with E-state index in [-0.39, 0.29) is 31.5 Å². The second kappa shape index (κ2) is 9.82. The second-order valence-corrected chi connectivity index (χ2v) is 8.10. The van der Waals surface area contributed by atoms with Gasteiger partial charge in [-0.1, -0.05) is 12.1 Å². The summed E-state index contributed by atoms with van der Waals surface area (Å²) in [6.45, 7) is 2.94. The van der Waals surface area contributed by atoms with E-state index in [2.05, 4.69) is 25.5 Å². The Kier molecular flexibility index (Phi) is 6.68. The SMILES string of the molecule is Cc1cccc2[nH]c(COCC(=O)N3CCc4c(C(=O)NC5CC5)n[nH]c4C3)nc12.O=CO. The van der Waals surface area contributed by atoms with E-state index >= 15 is 0 Å². The number of rotatable bonds is 6. The molecule has 2 amide bonds. The number of nitrogens with zero attached hydrogens (tertiary/aromatic N) is 3. The molecule has 1 aliphatic heterocycles. The van der Waals surface area contributed by atoms with E-state index in [0.717, 1.165) is 40.7 Å². The summed E-state index contributed by atoms with van der Waals surface area (Å²) in [5.41, 5.74) is 5.18. The van der Waals surface area contributed by atoms with E-state index in [1.54, 1.807) is 4.90 Å². The van der Waals surface area contributed by atoms with Gasteiger partial charge in [0.25, 0.3) is 12.4 Å². The number of carbonyl (C=O) groups is 3. The number of hydrogen-bond donors (Lipinski definition) is 4. The highest BCUT2D eigenvalue weighted by molar-refractivity contribution is 5.94. The number of H-pyrrole nitrogens is 2. The minimum Gasteiger partial charge on any atom is -0.483 e. The van der Waals surface area contributed by atoms with E-state index in [1.165, 1.54) is 0 Å². The molecule has 11 heteroatoms. The van der Waals surface area contributed by atoms with Gasteiger partial charge < -0.3 is 25.0 Å². The predicted octanol–water partition coefficient (Wildman–Crippen LogP) is 1.29. The van der Waals surface area contributed by atoms with Crippen molar-refractivity contribution in [2.24, 2.45) is 0 Å². The molecule has 0 spiro atoms. The Morgan fingerprint density at radius 3 is 2.88 bits per heavy atom. The van der Waals surface area contributed by atoms with Crippen LogP contribution in [0.4, 0.5) is 0 Å². The molecule has 5 rings (SSSR count). The summed E-state index contributed by atoms with van der Waals surface area (Å²) in [6.07, 6.45) is 2.68. The van der Waals surface area contributed by atoms with Crippen LogP contribution < -0.4 is 5.32 Å². The number of hydrogen-bond acceptors (Lipinski definition) is 6. The molecule has 1 aromatic carbocycles. The number of para-hydroxylation sites is 1. The van der Waals surface area contributed by atoms with Crippen LogP contribution in [0.15, 0.2) is 18.2 Å². The molecule has 3 heterocycles. The van der Waals surface area contributed by atoms with Gasteiger partial charge in [0.1, 0.15) is 19.0 Å². The molecule has 0 saturated heterocycles. The molecule has 0 atom stereocenters. The van der Waals surface area contributed by atoms with Crippen LogP contribution in [0.2, 0.25) is 0 Å². The van der Waals surface area contributed by atoms with Crippen molar-refractivity contribution >= 4 is 29.3 Å². The van der Waals surface area contributed by atoms with Crippen molar-refractivity contribution in [3.63, 3.8) is 0 Å². The summed E-state index contributed by atoms with van der Waals surface area (Å²) in [5, 5.41) is 17.0. The zero-order chi connectivity index (χ0) is 23.4. The normalized spacial score (nSPS) is 14.9. The molecule has 11 nitrogen and oxygen atoms in total. The average molecular weight is 454 g/mol. The van der Waals surface area contributed by atoms with Crippen LogP contribution in [0, 0.1) is 6.92 Å². The minimum atomic E-state index is -0.250. The highest BCUT2D eigenvalue weighted by Gasteiger charge is 2.30. The third-order valence-corrected chi connectivity index (χ3v) is 5.64. The fraction of sp³-hybridized carbons (Fsp3) is 0.409. The second-order valence-electron chi connectivity index (χ2n) is 8.10. The lowest BCUT2D eigenvalue weighted by Crippen LogP contribution is -2.38. The molecule has 33 heavy (non-hydrogen) atoms. The predicted molar refractivity (Wildman–Crippen MR) is 117 cm³/mol. The van der Waals surface area contributed by atoms with Crippen molar-refractivity contribution < 1.29 is 24.2 Å². The Balaban J connectivity index is 0.000000821. The highest BCUT2D eigenvalue weighted by atomic mass is 16.5. The quantitative estimate of drug-likeness (QED) is 0.409. The number of aryl methyl sites for hydroxylation is 1. The average Bonchev–Trinajstić information content (AvgIpc) is 3.34. The fourth-order valence-electron chi connectivity index (χ4n) is 3.82. The Hall–Kier alpha value is -3.73. The largest absolute Gasteiger partial charge is 0.483 e. The van der Waals surface area contributed by atoms with Gasteiger partial charge in [0, 0.05) is 18.2 Å². The maximum Gasteiger partial charge on any atom is 0.290 e. The molecule has 1 saturated carbocycles. The first-order chi connectivity index (χ1) is 16.0. The van der Waals surface area contributed by atoms with Crippen molar-refractivity contribution in [1.82, 2.24) is 30.4 Å². The zero-order valence-corrected chi connectivity index (χ0v) is 18.3. The Morgan fingerprint density at radius 1 is 1.36 bits per heavy atom. The molecule has 174 valence electrons. The molecular formula is C22H26N6O5. The zero-order valence-electron chi connectivity index (χ0n) is 18.3. The molecule has 2 aromatic heterocycles. The lowest BCUT2D eigenvalue weighted by molar-refractivity contribution is -0.137. The number of amides is 2. The topological polar surface area (TPSA) is 153 Å². The van der Waals surface area contributed by atoms with E-state index in [4.69, 9.17) is 14.6 Å². The van der Waals surface area contributed by atoms with E-state index in [9.17, 15) is 9.59 Å². The maximum atomic E-state index is 12.6. The maximum absolute atomic E-state index is 12.6. The number of ether oxygens (including phenoxy) is 1. The number of imidazole rings is 1. The van der Waals surface area contributed by atoms with E-state index in [1.807, 2.05) is 25.1 Å². The molecule has 1 aliphatic carbocycles. The Labute approximate surface area is 189 Å². The lowest BCUT2D eigenvalue weighted by atomic mass is 10.0. The van der Waals surface area contributed by atoms with Crippen LogP contribution in [0.25, 0.3) is 11.0 Å². The van der Waals surface area contributed by atoms with Gasteiger partial charge in [0.05, 0.1) is 23.3 Å². The van der Waals surface area contributed by atoms with Crippen molar-refractivity contribution in [2.75, 3.05) is 13.2 Å². The summed E-state index contributed by atoms with van der Waals surface area (Å²) in [7, 11) is 0. The van der Waals surface area contributed by atoms with Crippen LogP contribution >= 0.6 is 0 Å². The highest BCUT2D eigenvalue weighted by Crippen LogP contribution is 2.23. The van der Waals surface area contributed by atoms with Gasteiger partial charge in [-0.05, 0) is 37.8 Å². The van der Waals surface area contributed by atoms with Crippen LogP contribution in [0.3, 0.4) is 0 Å². The summed E-state index contributed by atoms with van der Waals surface area (Å²) < 4.78 is 5.61. The van der Waals surface area contributed by atoms with Gasteiger partial charge in [-0.15, -0.1) is 0 Å². The van der Waals surface area contributed by atoms with Gasteiger partial charge in [-0.2, -0.15) is 5.10 Å². The Morgan fingerprint density at radius 2 is 2.15 bits per heavy atom. The fourth-order valence-corrected chi connectivity index (χ4v) is 3.82. The monoisotopic (exact) mass is 454 g/mol. The third-order valence-electron chi connectivity index (χ3n) is 5.64. The number of carbonyl (C=O) groups excluding carboxylic acids is 2. The molecule has 0 unspecified atom stereocenters. The molecule has 0 bridgehead atoms. The van der Waals surface area contributed by atoms with Gasteiger partial charge in [-0.25, -0.2) is 4.98 Å². The van der Waals surface area contributed by atoms with Crippen LogP contribution in [-0.4, -0.2) is 67.7 Å². The first-order valence-corrected chi connectivity index (χ1v) is 10.7. The van der Waals surface area contributed by atoms with Crippen LogP contribution in [0.5, 0.6) is 0 Å². The van der Waals surface area contributed by atoms with Gasteiger partial charge in [0.2, 0.25) is 5.91 Å². The van der Waals surface area contributed by atoms with E-state index < -0.39 is 0 Å². The van der Waals surface area contributed by atoms with Crippen LogP contribution in [0.1, 0.15) is 46.0 Å². The van der Waals surface area contributed by atoms with E-state index in [0.29, 0.717) is 37.1 Å². The summed E-state index contributed by atoms with van der Waals surface area (Å²) in [4.78, 5) is 42.7.